The topological polar surface area (TPSA) is 41.1 Å². The van der Waals surface area contributed by atoms with E-state index in [9.17, 15) is 4.79 Å². The van der Waals surface area contributed by atoms with Crippen molar-refractivity contribution in [1.29, 1.82) is 0 Å². The van der Waals surface area contributed by atoms with Crippen molar-refractivity contribution in [2.24, 2.45) is 5.41 Å². The van der Waals surface area contributed by atoms with Gasteiger partial charge in [0, 0.05) is 13.1 Å². The lowest BCUT2D eigenvalue weighted by Gasteiger charge is -2.26. The molecule has 1 aromatic carbocycles. The lowest BCUT2D eigenvalue weighted by molar-refractivity contribution is -0.123. The summed E-state index contributed by atoms with van der Waals surface area (Å²) in [5.41, 5.74) is 2.86. The van der Waals surface area contributed by atoms with Crippen molar-refractivity contribution >= 4 is 18.3 Å². The number of rotatable bonds is 3. The summed E-state index contributed by atoms with van der Waals surface area (Å²) >= 11 is 0. The van der Waals surface area contributed by atoms with E-state index in [0.717, 1.165) is 25.9 Å². The second-order valence-electron chi connectivity index (χ2n) is 6.51. The summed E-state index contributed by atoms with van der Waals surface area (Å²) in [6.07, 6.45) is 1.79. The summed E-state index contributed by atoms with van der Waals surface area (Å²) in [6, 6.07) is 8.24. The average Bonchev–Trinajstić information content (AvgIpc) is 2.36. The number of halogens is 1. The molecule has 1 atom stereocenters. The van der Waals surface area contributed by atoms with Gasteiger partial charge in [0.1, 0.15) is 0 Å². The number of benzene rings is 1. The van der Waals surface area contributed by atoms with E-state index in [4.69, 9.17) is 0 Å². The van der Waals surface area contributed by atoms with Gasteiger partial charge in [0.2, 0.25) is 5.91 Å². The molecule has 0 saturated heterocycles. The minimum Gasteiger partial charge on any atom is -0.355 e. The first-order valence-corrected chi connectivity index (χ1v) is 7.03. The molecule has 0 fully saturated rings. The largest absolute Gasteiger partial charge is 0.355 e. The smallest absolute Gasteiger partial charge is 0.237 e. The van der Waals surface area contributed by atoms with E-state index in [1.165, 1.54) is 11.1 Å². The number of carbonyl (C=O) groups is 1. The van der Waals surface area contributed by atoms with Crippen molar-refractivity contribution in [3.8, 4) is 0 Å². The quantitative estimate of drug-likeness (QED) is 0.900. The molecular formula is C16H25ClN2O. The zero-order valence-electron chi connectivity index (χ0n) is 12.5. The minimum absolute atomic E-state index is 0. The third-order valence-electron chi connectivity index (χ3n) is 3.57. The molecule has 1 aliphatic rings. The van der Waals surface area contributed by atoms with Crippen LogP contribution in [0.1, 0.15) is 38.3 Å². The lowest BCUT2D eigenvalue weighted by Crippen LogP contribution is -2.48. The van der Waals surface area contributed by atoms with Gasteiger partial charge in [-0.3, -0.25) is 4.79 Å². The SMILES string of the molecule is CC(C)(C)CCNC(=O)C1Cc2ccccc2CN1.Cl. The number of fused-ring (bicyclic) bond motifs is 1. The van der Waals surface area contributed by atoms with Gasteiger partial charge in [-0.15, -0.1) is 12.4 Å². The summed E-state index contributed by atoms with van der Waals surface area (Å²) in [5, 5.41) is 6.35. The Morgan fingerprint density at radius 1 is 1.30 bits per heavy atom. The van der Waals surface area contributed by atoms with Crippen molar-refractivity contribution < 1.29 is 4.79 Å². The van der Waals surface area contributed by atoms with Crippen LogP contribution in [0, 0.1) is 5.41 Å². The number of carbonyl (C=O) groups excluding carboxylic acids is 1. The second-order valence-corrected chi connectivity index (χ2v) is 6.51. The molecule has 0 radical (unpaired) electrons. The molecule has 0 aromatic heterocycles. The normalized spacial score (nSPS) is 17.9. The first kappa shape index (κ1) is 17.0. The molecule has 0 saturated carbocycles. The van der Waals surface area contributed by atoms with Crippen molar-refractivity contribution in [3.05, 3.63) is 35.4 Å². The molecule has 1 aromatic rings. The van der Waals surface area contributed by atoms with Gasteiger partial charge in [0.15, 0.2) is 0 Å². The predicted molar refractivity (Wildman–Crippen MR) is 85.1 cm³/mol. The monoisotopic (exact) mass is 296 g/mol. The maximum Gasteiger partial charge on any atom is 0.237 e. The summed E-state index contributed by atoms with van der Waals surface area (Å²) in [4.78, 5) is 12.1. The fraction of sp³-hybridized carbons (Fsp3) is 0.562. The van der Waals surface area contributed by atoms with Gasteiger partial charge in [-0.2, -0.15) is 0 Å². The Morgan fingerprint density at radius 3 is 2.60 bits per heavy atom. The molecule has 2 N–H and O–H groups in total. The maximum atomic E-state index is 12.1. The van der Waals surface area contributed by atoms with E-state index in [1.54, 1.807) is 0 Å². The summed E-state index contributed by atoms with van der Waals surface area (Å²) in [6.45, 7) is 8.10. The summed E-state index contributed by atoms with van der Waals surface area (Å²) in [5.74, 6) is 0.124. The Balaban J connectivity index is 0.00000200. The van der Waals surface area contributed by atoms with Crippen LogP contribution in [0.25, 0.3) is 0 Å². The zero-order chi connectivity index (χ0) is 13.9. The molecule has 2 rings (SSSR count). The Hall–Kier alpha value is -1.06. The lowest BCUT2D eigenvalue weighted by atomic mass is 9.92. The predicted octanol–water partition coefficient (Wildman–Crippen LogP) is 2.68. The van der Waals surface area contributed by atoms with E-state index < -0.39 is 0 Å². The molecule has 20 heavy (non-hydrogen) atoms. The highest BCUT2D eigenvalue weighted by atomic mass is 35.5. The molecule has 1 heterocycles. The molecule has 112 valence electrons. The van der Waals surface area contributed by atoms with Crippen molar-refractivity contribution in [2.45, 2.75) is 46.2 Å². The van der Waals surface area contributed by atoms with E-state index in [2.05, 4.69) is 43.5 Å². The molecule has 0 spiro atoms. The average molecular weight is 297 g/mol. The number of amides is 1. The van der Waals surface area contributed by atoms with Crippen LogP contribution in [0.4, 0.5) is 0 Å². The molecule has 4 heteroatoms. The van der Waals surface area contributed by atoms with Gasteiger partial charge in [-0.1, -0.05) is 45.0 Å². The fourth-order valence-electron chi connectivity index (χ4n) is 2.32. The van der Waals surface area contributed by atoms with Crippen molar-refractivity contribution in [1.82, 2.24) is 10.6 Å². The van der Waals surface area contributed by atoms with Gasteiger partial charge in [-0.25, -0.2) is 0 Å². The molecule has 1 aliphatic heterocycles. The third-order valence-corrected chi connectivity index (χ3v) is 3.57. The van der Waals surface area contributed by atoms with Gasteiger partial charge in [-0.05, 0) is 29.4 Å². The van der Waals surface area contributed by atoms with Crippen LogP contribution in [0.5, 0.6) is 0 Å². The van der Waals surface area contributed by atoms with E-state index >= 15 is 0 Å². The molecule has 0 aliphatic carbocycles. The molecule has 1 unspecified atom stereocenters. The molecule has 0 bridgehead atoms. The van der Waals surface area contributed by atoms with Gasteiger partial charge < -0.3 is 10.6 Å². The standard InChI is InChI=1S/C16H24N2O.ClH/c1-16(2,3)8-9-17-15(19)14-10-12-6-4-5-7-13(12)11-18-14;/h4-7,14,18H,8-11H2,1-3H3,(H,17,19);1H. The number of hydrogen-bond acceptors (Lipinski definition) is 2. The van der Waals surface area contributed by atoms with E-state index in [0.29, 0.717) is 0 Å². The van der Waals surface area contributed by atoms with Crippen LogP contribution < -0.4 is 10.6 Å². The maximum absolute atomic E-state index is 12.1. The first-order valence-electron chi connectivity index (χ1n) is 7.03. The van der Waals surface area contributed by atoms with Crippen LogP contribution in [-0.2, 0) is 17.8 Å². The molecular weight excluding hydrogens is 272 g/mol. The summed E-state index contributed by atoms with van der Waals surface area (Å²) < 4.78 is 0. The number of nitrogens with one attached hydrogen (secondary N) is 2. The Bertz CT molecular complexity index is 454. The van der Waals surface area contributed by atoms with Crippen LogP contribution in [0.2, 0.25) is 0 Å². The van der Waals surface area contributed by atoms with Crippen LogP contribution in [0.15, 0.2) is 24.3 Å². The van der Waals surface area contributed by atoms with Gasteiger partial charge in [0.05, 0.1) is 6.04 Å². The van der Waals surface area contributed by atoms with Crippen molar-refractivity contribution in [2.75, 3.05) is 6.54 Å². The minimum atomic E-state index is -0.0881. The zero-order valence-corrected chi connectivity index (χ0v) is 13.3. The van der Waals surface area contributed by atoms with Crippen LogP contribution in [0.3, 0.4) is 0 Å². The van der Waals surface area contributed by atoms with Gasteiger partial charge in [0.25, 0.3) is 0 Å². The summed E-state index contributed by atoms with van der Waals surface area (Å²) in [7, 11) is 0. The van der Waals surface area contributed by atoms with Crippen molar-refractivity contribution in [3.63, 3.8) is 0 Å². The van der Waals surface area contributed by atoms with E-state index in [1.807, 2.05) is 12.1 Å². The Labute approximate surface area is 127 Å². The highest BCUT2D eigenvalue weighted by Gasteiger charge is 2.23. The first-order chi connectivity index (χ1) is 8.96. The van der Waals surface area contributed by atoms with E-state index in [-0.39, 0.29) is 29.8 Å². The fourth-order valence-corrected chi connectivity index (χ4v) is 2.32. The molecule has 3 nitrogen and oxygen atoms in total. The third kappa shape index (κ3) is 4.80. The second kappa shape index (κ2) is 7.09. The van der Waals surface area contributed by atoms with Gasteiger partial charge >= 0.3 is 0 Å². The highest BCUT2D eigenvalue weighted by Crippen LogP contribution is 2.18. The Morgan fingerprint density at radius 2 is 1.95 bits per heavy atom. The van der Waals surface area contributed by atoms with Crippen LogP contribution >= 0.6 is 12.4 Å². The number of hydrogen-bond donors (Lipinski definition) is 2. The van der Waals surface area contributed by atoms with Crippen LogP contribution in [-0.4, -0.2) is 18.5 Å². The molecule has 1 amide bonds. The highest BCUT2D eigenvalue weighted by molar-refractivity contribution is 5.85. The Kier molecular flexibility index (Phi) is 6.03.